The van der Waals surface area contributed by atoms with E-state index in [1.807, 2.05) is 30.3 Å². The van der Waals surface area contributed by atoms with Crippen molar-refractivity contribution in [3.05, 3.63) is 71.4 Å². The number of ether oxygens (including phenoxy) is 1. The van der Waals surface area contributed by atoms with Crippen molar-refractivity contribution in [2.75, 3.05) is 0 Å². The smallest absolute Gasteiger partial charge is 0.316 e. The van der Waals surface area contributed by atoms with Gasteiger partial charge in [-0.1, -0.05) is 37.3 Å². The average molecular weight is 340 g/mol. The Morgan fingerprint density at radius 3 is 2.64 bits per heavy atom. The zero-order chi connectivity index (χ0) is 17.6. The number of carbonyl (C=O) groups is 1. The molecule has 1 aliphatic rings. The first kappa shape index (κ1) is 15.5. The van der Waals surface area contributed by atoms with Crippen LogP contribution in [0.2, 0.25) is 0 Å². The number of aromatic amines is 1. The Labute approximate surface area is 142 Å². The summed E-state index contributed by atoms with van der Waals surface area (Å²) in [6.45, 7) is 1.77. The van der Waals surface area contributed by atoms with E-state index in [0.717, 1.165) is 23.8 Å². The zero-order valence-electron chi connectivity index (χ0n) is 13.3. The first-order valence-electron chi connectivity index (χ1n) is 7.86. The number of benzene rings is 2. The van der Waals surface area contributed by atoms with E-state index in [1.54, 1.807) is 6.92 Å². The Morgan fingerprint density at radius 1 is 1.12 bits per heavy atom. The summed E-state index contributed by atoms with van der Waals surface area (Å²) in [5.74, 6) is -2.07. The van der Waals surface area contributed by atoms with Gasteiger partial charge in [0.15, 0.2) is 0 Å². The van der Waals surface area contributed by atoms with Gasteiger partial charge in [-0.2, -0.15) is 4.98 Å². The van der Waals surface area contributed by atoms with Gasteiger partial charge in [0, 0.05) is 5.92 Å². The highest BCUT2D eigenvalue weighted by atomic mass is 19.1. The third-order valence-electron chi connectivity index (χ3n) is 4.42. The van der Waals surface area contributed by atoms with Crippen LogP contribution in [0.25, 0.3) is 11.4 Å². The minimum absolute atomic E-state index is 0.00934. The van der Waals surface area contributed by atoms with Crippen molar-refractivity contribution in [1.82, 2.24) is 9.97 Å². The van der Waals surface area contributed by atoms with Crippen LogP contribution in [0.15, 0.2) is 48.5 Å². The SMILES string of the molecule is CC1C(=O)Oc2nc(-c3cc(F)ccc3F)[nH]c2C1c1ccccc1. The molecule has 0 saturated heterocycles. The maximum Gasteiger partial charge on any atom is 0.316 e. The average Bonchev–Trinajstić information content (AvgIpc) is 3.02. The molecule has 2 unspecified atom stereocenters. The summed E-state index contributed by atoms with van der Waals surface area (Å²) in [5.41, 5.74) is 1.49. The van der Waals surface area contributed by atoms with Gasteiger partial charge in [0.25, 0.3) is 0 Å². The highest BCUT2D eigenvalue weighted by Crippen LogP contribution is 2.41. The number of carbonyl (C=O) groups excluding carboxylic acids is 1. The molecule has 126 valence electrons. The number of halogens is 2. The van der Waals surface area contributed by atoms with Gasteiger partial charge in [-0.25, -0.2) is 8.78 Å². The number of H-pyrrole nitrogens is 1. The number of imidazole rings is 1. The number of hydrogen-bond acceptors (Lipinski definition) is 3. The molecule has 0 spiro atoms. The van der Waals surface area contributed by atoms with E-state index >= 15 is 0 Å². The van der Waals surface area contributed by atoms with Crippen LogP contribution in [0.4, 0.5) is 8.78 Å². The van der Waals surface area contributed by atoms with Crippen LogP contribution in [0.5, 0.6) is 5.88 Å². The van der Waals surface area contributed by atoms with Crippen molar-refractivity contribution in [2.24, 2.45) is 5.92 Å². The maximum absolute atomic E-state index is 14.1. The molecule has 3 aromatic rings. The fraction of sp³-hybridized carbons (Fsp3) is 0.158. The first-order chi connectivity index (χ1) is 12.0. The second-order valence-corrected chi connectivity index (χ2v) is 6.03. The van der Waals surface area contributed by atoms with Crippen LogP contribution >= 0.6 is 0 Å². The lowest BCUT2D eigenvalue weighted by molar-refractivity contribution is -0.140. The molecule has 1 N–H and O–H groups in total. The van der Waals surface area contributed by atoms with Gasteiger partial charge < -0.3 is 9.72 Å². The van der Waals surface area contributed by atoms with Crippen molar-refractivity contribution >= 4 is 5.97 Å². The first-order valence-corrected chi connectivity index (χ1v) is 7.86. The van der Waals surface area contributed by atoms with Crippen molar-refractivity contribution in [3.63, 3.8) is 0 Å². The molecule has 0 saturated carbocycles. The molecular weight excluding hydrogens is 326 g/mol. The highest BCUT2D eigenvalue weighted by Gasteiger charge is 2.38. The van der Waals surface area contributed by atoms with Crippen molar-refractivity contribution in [2.45, 2.75) is 12.8 Å². The zero-order valence-corrected chi connectivity index (χ0v) is 13.3. The topological polar surface area (TPSA) is 55.0 Å². The van der Waals surface area contributed by atoms with Gasteiger partial charge in [-0.15, -0.1) is 0 Å². The molecule has 4 nitrogen and oxygen atoms in total. The third-order valence-corrected chi connectivity index (χ3v) is 4.42. The normalized spacial score (nSPS) is 19.4. The van der Waals surface area contributed by atoms with Gasteiger partial charge in [0.1, 0.15) is 17.5 Å². The van der Waals surface area contributed by atoms with Gasteiger partial charge in [0.05, 0.1) is 17.2 Å². The van der Waals surface area contributed by atoms with Crippen LogP contribution in [0.1, 0.15) is 24.1 Å². The van der Waals surface area contributed by atoms with Crippen LogP contribution in [0.3, 0.4) is 0 Å². The second-order valence-electron chi connectivity index (χ2n) is 6.03. The lowest BCUT2D eigenvalue weighted by atomic mass is 9.83. The summed E-state index contributed by atoms with van der Waals surface area (Å²) >= 11 is 0. The Morgan fingerprint density at radius 2 is 1.88 bits per heavy atom. The number of fused-ring (bicyclic) bond motifs is 1. The number of nitrogens with one attached hydrogen (secondary N) is 1. The summed E-state index contributed by atoms with van der Waals surface area (Å²) in [4.78, 5) is 19.4. The van der Waals surface area contributed by atoms with Gasteiger partial charge in [-0.3, -0.25) is 4.79 Å². The van der Waals surface area contributed by atoms with Crippen molar-refractivity contribution in [1.29, 1.82) is 0 Å². The molecule has 0 fully saturated rings. The Balaban J connectivity index is 1.86. The molecule has 6 heteroatoms. The van der Waals surface area contributed by atoms with Crippen LogP contribution in [0, 0.1) is 17.6 Å². The molecule has 0 amide bonds. The highest BCUT2D eigenvalue weighted by molar-refractivity contribution is 5.79. The van der Waals surface area contributed by atoms with E-state index in [1.165, 1.54) is 0 Å². The van der Waals surface area contributed by atoms with Crippen LogP contribution < -0.4 is 4.74 Å². The fourth-order valence-electron chi connectivity index (χ4n) is 3.16. The second kappa shape index (κ2) is 5.81. The van der Waals surface area contributed by atoms with Crippen molar-refractivity contribution < 1.29 is 18.3 Å². The molecule has 1 aromatic heterocycles. The summed E-state index contributed by atoms with van der Waals surface area (Å²) < 4.78 is 32.8. The number of esters is 1. The molecular formula is C19H14F2N2O2. The van der Waals surface area contributed by atoms with Crippen LogP contribution in [-0.2, 0) is 4.79 Å². The minimum atomic E-state index is -0.608. The van der Waals surface area contributed by atoms with E-state index in [9.17, 15) is 13.6 Å². The molecule has 0 bridgehead atoms. The fourth-order valence-corrected chi connectivity index (χ4v) is 3.16. The van der Waals surface area contributed by atoms with E-state index < -0.39 is 23.5 Å². The summed E-state index contributed by atoms with van der Waals surface area (Å²) in [5, 5.41) is 0. The largest absolute Gasteiger partial charge is 0.405 e. The molecule has 25 heavy (non-hydrogen) atoms. The minimum Gasteiger partial charge on any atom is -0.405 e. The molecule has 4 rings (SSSR count). The van der Waals surface area contributed by atoms with Gasteiger partial charge in [-0.05, 0) is 23.8 Å². The van der Waals surface area contributed by atoms with Gasteiger partial charge in [0.2, 0.25) is 5.88 Å². The monoisotopic (exact) mass is 340 g/mol. The molecule has 0 aliphatic carbocycles. The molecule has 0 radical (unpaired) electrons. The Kier molecular flexibility index (Phi) is 3.60. The number of rotatable bonds is 2. The third kappa shape index (κ3) is 2.59. The molecule has 2 aromatic carbocycles. The Hall–Kier alpha value is -3.02. The maximum atomic E-state index is 14.1. The Bertz CT molecular complexity index is 953. The number of hydrogen-bond donors (Lipinski definition) is 1. The summed E-state index contributed by atoms with van der Waals surface area (Å²) in [6.07, 6.45) is 0. The molecule has 2 atom stereocenters. The van der Waals surface area contributed by atoms with E-state index in [4.69, 9.17) is 4.74 Å². The lowest BCUT2D eigenvalue weighted by Gasteiger charge is -2.26. The number of aromatic nitrogens is 2. The lowest BCUT2D eigenvalue weighted by Crippen LogP contribution is -2.30. The quantitative estimate of drug-likeness (QED) is 0.716. The van der Waals surface area contributed by atoms with E-state index in [0.29, 0.717) is 5.69 Å². The van der Waals surface area contributed by atoms with E-state index in [2.05, 4.69) is 9.97 Å². The molecule has 2 heterocycles. The standard InChI is InChI=1S/C19H14F2N2O2/c1-10-15(11-5-3-2-4-6-11)16-18(25-19(10)24)23-17(22-16)13-9-12(20)7-8-14(13)21/h2-10,15H,1H3,(H,22,23). The molecule has 1 aliphatic heterocycles. The predicted molar refractivity (Wildman–Crippen MR) is 87.0 cm³/mol. The van der Waals surface area contributed by atoms with Gasteiger partial charge >= 0.3 is 5.97 Å². The van der Waals surface area contributed by atoms with E-state index in [-0.39, 0.29) is 23.2 Å². The summed E-state index contributed by atoms with van der Waals surface area (Å²) in [7, 11) is 0. The van der Waals surface area contributed by atoms with Crippen LogP contribution in [-0.4, -0.2) is 15.9 Å². The number of nitrogens with zero attached hydrogens (tertiary/aromatic N) is 1. The van der Waals surface area contributed by atoms with Crippen molar-refractivity contribution in [3.8, 4) is 17.3 Å². The predicted octanol–water partition coefficient (Wildman–Crippen LogP) is 4.04. The summed E-state index contributed by atoms with van der Waals surface area (Å²) in [6, 6.07) is 12.6.